The van der Waals surface area contributed by atoms with Gasteiger partial charge in [-0.1, -0.05) is 35.9 Å². The first-order valence-corrected chi connectivity index (χ1v) is 6.82. The second-order valence-corrected chi connectivity index (χ2v) is 4.97. The third kappa shape index (κ3) is 4.28. The van der Waals surface area contributed by atoms with Gasteiger partial charge in [-0.15, -0.1) is 0 Å². The molecule has 2 aromatic rings. The predicted molar refractivity (Wildman–Crippen MR) is 82.3 cm³/mol. The van der Waals surface area contributed by atoms with Crippen LogP contribution in [0.3, 0.4) is 0 Å². The highest BCUT2D eigenvalue weighted by Crippen LogP contribution is 2.14. The van der Waals surface area contributed by atoms with Crippen molar-refractivity contribution in [1.82, 2.24) is 0 Å². The monoisotopic (exact) mass is 271 g/mol. The molecule has 0 bridgehead atoms. The van der Waals surface area contributed by atoms with Crippen molar-refractivity contribution in [2.45, 2.75) is 20.0 Å². The van der Waals surface area contributed by atoms with E-state index in [9.17, 15) is 5.11 Å². The number of ether oxygens (including phenoxy) is 1. The van der Waals surface area contributed by atoms with Gasteiger partial charge in [0.15, 0.2) is 0 Å². The van der Waals surface area contributed by atoms with E-state index in [2.05, 4.69) is 5.32 Å². The Hall–Kier alpha value is -2.00. The fourth-order valence-electron chi connectivity index (χ4n) is 1.88. The summed E-state index contributed by atoms with van der Waals surface area (Å²) >= 11 is 0. The van der Waals surface area contributed by atoms with Gasteiger partial charge in [0.2, 0.25) is 0 Å². The number of hydrogen-bond acceptors (Lipinski definition) is 3. The Kier molecular flexibility index (Phi) is 5.02. The number of anilines is 1. The van der Waals surface area contributed by atoms with Gasteiger partial charge in [-0.25, -0.2) is 0 Å². The van der Waals surface area contributed by atoms with Crippen molar-refractivity contribution in [3.05, 3.63) is 59.7 Å². The third-order valence-electron chi connectivity index (χ3n) is 3.14. The molecule has 2 aromatic carbocycles. The molecule has 0 fully saturated rings. The van der Waals surface area contributed by atoms with Crippen LogP contribution in [0.2, 0.25) is 0 Å². The summed E-state index contributed by atoms with van der Waals surface area (Å²) in [4.78, 5) is 0. The van der Waals surface area contributed by atoms with E-state index in [0.717, 1.165) is 11.4 Å². The summed E-state index contributed by atoms with van der Waals surface area (Å²) in [6.45, 7) is 4.82. The minimum absolute atomic E-state index is 0.280. The summed E-state index contributed by atoms with van der Waals surface area (Å²) in [6, 6.07) is 15.8. The van der Waals surface area contributed by atoms with Gasteiger partial charge in [-0.05, 0) is 37.6 Å². The zero-order valence-electron chi connectivity index (χ0n) is 12.0. The maximum absolute atomic E-state index is 9.93. The van der Waals surface area contributed by atoms with Crippen LogP contribution >= 0.6 is 0 Å². The van der Waals surface area contributed by atoms with Crippen LogP contribution < -0.4 is 10.1 Å². The van der Waals surface area contributed by atoms with Crippen molar-refractivity contribution in [1.29, 1.82) is 0 Å². The Morgan fingerprint density at radius 3 is 2.45 bits per heavy atom. The van der Waals surface area contributed by atoms with Crippen LogP contribution in [0.5, 0.6) is 5.75 Å². The normalized spacial score (nSPS) is 11.9. The van der Waals surface area contributed by atoms with Crippen molar-refractivity contribution in [2.24, 2.45) is 0 Å². The molecule has 0 radical (unpaired) electrons. The Bertz CT molecular complexity index is 537. The summed E-state index contributed by atoms with van der Waals surface area (Å²) in [5, 5.41) is 13.2. The number of aryl methyl sites for hydroxylation is 2. The quantitative estimate of drug-likeness (QED) is 0.848. The van der Waals surface area contributed by atoms with Crippen molar-refractivity contribution in [3.8, 4) is 5.75 Å². The summed E-state index contributed by atoms with van der Waals surface area (Å²) in [5.41, 5.74) is 3.40. The van der Waals surface area contributed by atoms with Crippen LogP contribution in [0.15, 0.2) is 48.5 Å². The van der Waals surface area contributed by atoms with Gasteiger partial charge in [0, 0.05) is 12.2 Å². The second kappa shape index (κ2) is 6.96. The highest BCUT2D eigenvalue weighted by Gasteiger charge is 2.06. The fourth-order valence-corrected chi connectivity index (χ4v) is 1.88. The topological polar surface area (TPSA) is 41.5 Å². The number of aliphatic hydroxyl groups excluding tert-OH is 1. The average molecular weight is 271 g/mol. The molecule has 0 aromatic heterocycles. The molecule has 3 nitrogen and oxygen atoms in total. The van der Waals surface area contributed by atoms with Crippen LogP contribution in [0.25, 0.3) is 0 Å². The van der Waals surface area contributed by atoms with Crippen LogP contribution in [-0.4, -0.2) is 24.4 Å². The summed E-state index contributed by atoms with van der Waals surface area (Å²) in [5.74, 6) is 0.783. The SMILES string of the molecule is Cc1ccc(OCC(O)CNc2ccccc2C)cc1. The Labute approximate surface area is 120 Å². The lowest BCUT2D eigenvalue weighted by molar-refractivity contribution is 0.117. The first-order valence-electron chi connectivity index (χ1n) is 6.82. The predicted octanol–water partition coefficient (Wildman–Crippen LogP) is 3.16. The van der Waals surface area contributed by atoms with E-state index < -0.39 is 6.10 Å². The van der Waals surface area contributed by atoms with Crippen molar-refractivity contribution >= 4 is 5.69 Å². The van der Waals surface area contributed by atoms with E-state index in [0.29, 0.717) is 6.54 Å². The Balaban J connectivity index is 1.77. The average Bonchev–Trinajstić information content (AvgIpc) is 2.46. The number of para-hydroxylation sites is 1. The minimum atomic E-state index is -0.545. The van der Waals surface area contributed by atoms with E-state index in [4.69, 9.17) is 4.74 Å². The van der Waals surface area contributed by atoms with Gasteiger partial charge in [-0.3, -0.25) is 0 Å². The van der Waals surface area contributed by atoms with E-state index >= 15 is 0 Å². The van der Waals surface area contributed by atoms with Gasteiger partial charge in [0.25, 0.3) is 0 Å². The molecule has 0 aliphatic carbocycles. The van der Waals surface area contributed by atoms with E-state index in [1.54, 1.807) is 0 Å². The van der Waals surface area contributed by atoms with Crippen molar-refractivity contribution in [3.63, 3.8) is 0 Å². The van der Waals surface area contributed by atoms with E-state index in [-0.39, 0.29) is 6.61 Å². The fraction of sp³-hybridized carbons (Fsp3) is 0.294. The number of benzene rings is 2. The van der Waals surface area contributed by atoms with Gasteiger partial charge >= 0.3 is 0 Å². The molecule has 0 heterocycles. The number of nitrogens with one attached hydrogen (secondary N) is 1. The van der Waals surface area contributed by atoms with Crippen LogP contribution in [0, 0.1) is 13.8 Å². The largest absolute Gasteiger partial charge is 0.491 e. The lowest BCUT2D eigenvalue weighted by Crippen LogP contribution is -2.26. The molecule has 0 saturated heterocycles. The summed E-state index contributed by atoms with van der Waals surface area (Å²) in [7, 11) is 0. The lowest BCUT2D eigenvalue weighted by atomic mass is 10.2. The van der Waals surface area contributed by atoms with Gasteiger partial charge in [0.1, 0.15) is 18.5 Å². The number of hydrogen-bond donors (Lipinski definition) is 2. The smallest absolute Gasteiger partial charge is 0.119 e. The Morgan fingerprint density at radius 1 is 1.05 bits per heavy atom. The molecule has 0 aliphatic rings. The van der Waals surface area contributed by atoms with Crippen LogP contribution in [0.4, 0.5) is 5.69 Å². The molecular formula is C17H21NO2. The highest BCUT2D eigenvalue weighted by atomic mass is 16.5. The third-order valence-corrected chi connectivity index (χ3v) is 3.14. The molecule has 106 valence electrons. The zero-order valence-corrected chi connectivity index (χ0v) is 12.0. The molecule has 2 rings (SSSR count). The minimum Gasteiger partial charge on any atom is -0.491 e. The maximum Gasteiger partial charge on any atom is 0.119 e. The number of rotatable bonds is 6. The maximum atomic E-state index is 9.93. The molecule has 1 atom stereocenters. The standard InChI is InChI=1S/C17H21NO2/c1-13-7-9-16(10-8-13)20-12-15(19)11-18-17-6-4-3-5-14(17)2/h3-10,15,18-19H,11-12H2,1-2H3. The molecule has 0 spiro atoms. The van der Waals surface area contributed by atoms with Gasteiger partial charge in [-0.2, -0.15) is 0 Å². The van der Waals surface area contributed by atoms with Crippen LogP contribution in [-0.2, 0) is 0 Å². The molecular weight excluding hydrogens is 250 g/mol. The number of aliphatic hydroxyl groups is 1. The molecule has 0 saturated carbocycles. The summed E-state index contributed by atoms with van der Waals surface area (Å²) in [6.07, 6.45) is -0.545. The zero-order chi connectivity index (χ0) is 14.4. The molecule has 20 heavy (non-hydrogen) atoms. The molecule has 1 unspecified atom stereocenters. The lowest BCUT2D eigenvalue weighted by Gasteiger charge is -2.15. The van der Waals surface area contributed by atoms with Crippen LogP contribution in [0.1, 0.15) is 11.1 Å². The first kappa shape index (κ1) is 14.4. The van der Waals surface area contributed by atoms with E-state index in [1.165, 1.54) is 11.1 Å². The molecule has 0 amide bonds. The van der Waals surface area contributed by atoms with E-state index in [1.807, 2.05) is 62.4 Å². The van der Waals surface area contributed by atoms with Crippen molar-refractivity contribution < 1.29 is 9.84 Å². The molecule has 3 heteroatoms. The summed E-state index contributed by atoms with van der Waals surface area (Å²) < 4.78 is 5.55. The highest BCUT2D eigenvalue weighted by molar-refractivity contribution is 5.50. The second-order valence-electron chi connectivity index (χ2n) is 4.97. The molecule has 2 N–H and O–H groups in total. The van der Waals surface area contributed by atoms with Gasteiger partial charge < -0.3 is 15.2 Å². The Morgan fingerprint density at radius 2 is 1.75 bits per heavy atom. The molecule has 0 aliphatic heterocycles. The van der Waals surface area contributed by atoms with Crippen molar-refractivity contribution in [2.75, 3.05) is 18.5 Å². The van der Waals surface area contributed by atoms with Gasteiger partial charge in [0.05, 0.1) is 0 Å². The first-order chi connectivity index (χ1) is 9.65.